The summed E-state index contributed by atoms with van der Waals surface area (Å²) in [5, 5.41) is 0. The summed E-state index contributed by atoms with van der Waals surface area (Å²) < 4.78 is 25.7. The van der Waals surface area contributed by atoms with E-state index in [1.54, 1.807) is 18.2 Å². The van der Waals surface area contributed by atoms with E-state index in [0.717, 1.165) is 28.4 Å². The number of rotatable bonds is 5. The Hall–Kier alpha value is -3.08. The molecule has 4 nitrogen and oxygen atoms in total. The Balaban J connectivity index is 2.16. The Morgan fingerprint density at radius 2 is 1.73 bits per heavy atom. The lowest BCUT2D eigenvalue weighted by Gasteiger charge is -2.13. The highest BCUT2D eigenvalue weighted by molar-refractivity contribution is 5.93. The summed E-state index contributed by atoms with van der Waals surface area (Å²) in [6, 6.07) is 15.6. The Morgan fingerprint density at radius 1 is 1.08 bits per heavy atom. The number of carbonyl (C=O) groups excluding carboxylic acids is 1. The topological polar surface area (TPSA) is 40.5 Å². The highest BCUT2D eigenvalue weighted by Gasteiger charge is 2.20. The van der Waals surface area contributed by atoms with Gasteiger partial charge in [-0.3, -0.25) is 0 Å². The van der Waals surface area contributed by atoms with Crippen LogP contribution in [0.1, 0.15) is 23.0 Å². The van der Waals surface area contributed by atoms with Crippen molar-refractivity contribution in [2.75, 3.05) is 13.7 Å². The molecule has 0 amide bonds. The van der Waals surface area contributed by atoms with Gasteiger partial charge in [0, 0.05) is 11.4 Å². The third-order valence-corrected chi connectivity index (χ3v) is 4.20. The number of ether oxygens (including phenoxy) is 2. The van der Waals surface area contributed by atoms with Crippen molar-refractivity contribution in [1.29, 1.82) is 0 Å². The van der Waals surface area contributed by atoms with Crippen LogP contribution in [0.15, 0.2) is 54.6 Å². The average molecular weight is 353 g/mol. The molecule has 1 aromatic heterocycles. The molecule has 0 saturated heterocycles. The van der Waals surface area contributed by atoms with Gasteiger partial charge in [-0.25, -0.2) is 9.18 Å². The maximum atomic E-state index is 13.3. The third-order valence-electron chi connectivity index (χ3n) is 4.20. The second-order valence-electron chi connectivity index (χ2n) is 5.79. The van der Waals surface area contributed by atoms with Gasteiger partial charge < -0.3 is 14.0 Å². The first-order chi connectivity index (χ1) is 12.5. The predicted molar refractivity (Wildman–Crippen MR) is 98.4 cm³/mol. The van der Waals surface area contributed by atoms with Gasteiger partial charge in [0.15, 0.2) is 0 Å². The first-order valence-electron chi connectivity index (χ1n) is 8.35. The van der Waals surface area contributed by atoms with E-state index < -0.39 is 5.97 Å². The van der Waals surface area contributed by atoms with Gasteiger partial charge in [-0.05, 0) is 74.0 Å². The van der Waals surface area contributed by atoms with E-state index in [4.69, 9.17) is 9.47 Å². The molecule has 0 bridgehead atoms. The van der Waals surface area contributed by atoms with Crippen molar-refractivity contribution in [3.05, 3.63) is 71.7 Å². The Labute approximate surface area is 151 Å². The van der Waals surface area contributed by atoms with Gasteiger partial charge in [-0.15, -0.1) is 0 Å². The zero-order chi connectivity index (χ0) is 18.7. The lowest BCUT2D eigenvalue weighted by molar-refractivity contribution is 0.0600. The van der Waals surface area contributed by atoms with E-state index in [2.05, 4.69) is 0 Å². The maximum absolute atomic E-state index is 13.3. The highest BCUT2D eigenvalue weighted by Crippen LogP contribution is 2.30. The second kappa shape index (κ2) is 7.44. The van der Waals surface area contributed by atoms with Gasteiger partial charge in [-0.2, -0.15) is 0 Å². The molecule has 5 heteroatoms. The molecular formula is C21H20FNO3. The van der Waals surface area contributed by atoms with Gasteiger partial charge in [0.2, 0.25) is 0 Å². The summed E-state index contributed by atoms with van der Waals surface area (Å²) in [4.78, 5) is 12.1. The summed E-state index contributed by atoms with van der Waals surface area (Å²) in [6.07, 6.45) is 0. The van der Waals surface area contributed by atoms with Gasteiger partial charge in [0.25, 0.3) is 0 Å². The third kappa shape index (κ3) is 3.33. The van der Waals surface area contributed by atoms with Crippen LogP contribution >= 0.6 is 0 Å². The zero-order valence-corrected chi connectivity index (χ0v) is 15.0. The molecule has 0 radical (unpaired) electrons. The van der Waals surface area contributed by atoms with Crippen molar-refractivity contribution >= 4 is 5.97 Å². The van der Waals surface area contributed by atoms with Gasteiger partial charge in [0.05, 0.1) is 25.0 Å². The lowest BCUT2D eigenvalue weighted by atomic mass is 10.1. The van der Waals surface area contributed by atoms with Crippen LogP contribution in [-0.2, 0) is 4.74 Å². The van der Waals surface area contributed by atoms with Crippen molar-refractivity contribution < 1.29 is 18.7 Å². The number of halogens is 1. The first kappa shape index (κ1) is 17.7. The summed E-state index contributed by atoms with van der Waals surface area (Å²) in [5.41, 5.74) is 3.69. The number of hydrogen-bond acceptors (Lipinski definition) is 3. The van der Waals surface area contributed by atoms with Gasteiger partial charge in [-0.1, -0.05) is 0 Å². The zero-order valence-electron chi connectivity index (χ0n) is 15.0. The van der Waals surface area contributed by atoms with E-state index in [-0.39, 0.29) is 5.82 Å². The number of benzene rings is 2. The summed E-state index contributed by atoms with van der Waals surface area (Å²) in [6.45, 7) is 4.38. The number of esters is 1. The fourth-order valence-electron chi connectivity index (χ4n) is 2.95. The molecular weight excluding hydrogens is 333 g/mol. The smallest absolute Gasteiger partial charge is 0.339 e. The van der Waals surface area contributed by atoms with Gasteiger partial charge in [0.1, 0.15) is 11.6 Å². The Bertz CT molecular complexity index is 912. The fourth-order valence-corrected chi connectivity index (χ4v) is 2.95. The number of nitrogens with zero attached hydrogens (tertiary/aromatic N) is 1. The van der Waals surface area contributed by atoms with Crippen LogP contribution < -0.4 is 4.74 Å². The predicted octanol–water partition coefficient (Wildman–Crippen LogP) is 4.78. The molecule has 134 valence electrons. The number of aromatic nitrogens is 1. The monoisotopic (exact) mass is 353 g/mol. The van der Waals surface area contributed by atoms with Crippen molar-refractivity contribution in [1.82, 2.24) is 4.57 Å². The van der Waals surface area contributed by atoms with E-state index in [9.17, 15) is 9.18 Å². The van der Waals surface area contributed by atoms with Crippen molar-refractivity contribution in [2.24, 2.45) is 0 Å². The largest absolute Gasteiger partial charge is 0.494 e. The Kier molecular flexibility index (Phi) is 5.07. The SMILES string of the molecule is CCOc1ccc(-n2c(-c3ccc(F)cc3)cc(C(=O)OC)c2C)cc1. The number of carbonyl (C=O) groups is 1. The van der Waals surface area contributed by atoms with Gasteiger partial charge >= 0.3 is 5.97 Å². The van der Waals surface area contributed by atoms with Crippen LogP contribution in [0.4, 0.5) is 4.39 Å². The molecule has 0 unspecified atom stereocenters. The highest BCUT2D eigenvalue weighted by atomic mass is 19.1. The van der Waals surface area contributed by atoms with Crippen molar-refractivity contribution in [3.8, 4) is 22.7 Å². The first-order valence-corrected chi connectivity index (χ1v) is 8.35. The molecule has 3 aromatic rings. The van der Waals surface area contributed by atoms with Crippen LogP contribution in [0.25, 0.3) is 16.9 Å². The quantitative estimate of drug-likeness (QED) is 0.620. The molecule has 0 fully saturated rings. The minimum atomic E-state index is -0.407. The molecule has 0 aliphatic heterocycles. The number of hydrogen-bond donors (Lipinski definition) is 0. The van der Waals surface area contributed by atoms with Crippen LogP contribution in [0.3, 0.4) is 0 Å². The molecule has 2 aromatic carbocycles. The molecule has 1 heterocycles. The van der Waals surface area contributed by atoms with Crippen molar-refractivity contribution in [2.45, 2.75) is 13.8 Å². The normalized spacial score (nSPS) is 10.6. The molecule has 0 aliphatic carbocycles. The van der Waals surface area contributed by atoms with Crippen molar-refractivity contribution in [3.63, 3.8) is 0 Å². The van der Waals surface area contributed by atoms with E-state index in [1.165, 1.54) is 19.2 Å². The second-order valence-corrected chi connectivity index (χ2v) is 5.79. The minimum absolute atomic E-state index is 0.308. The molecule has 0 N–H and O–H groups in total. The minimum Gasteiger partial charge on any atom is -0.494 e. The van der Waals surface area contributed by atoms with Crippen LogP contribution in [0.5, 0.6) is 5.75 Å². The standard InChI is InChI=1S/C21H20FNO3/c1-4-26-18-11-9-17(10-12-18)23-14(2)19(21(24)25-3)13-20(23)15-5-7-16(22)8-6-15/h5-13H,4H2,1-3H3. The van der Waals surface area contributed by atoms with Crippen LogP contribution in [-0.4, -0.2) is 24.3 Å². The van der Waals surface area contributed by atoms with Crippen LogP contribution in [0.2, 0.25) is 0 Å². The lowest BCUT2D eigenvalue weighted by Crippen LogP contribution is -2.04. The maximum Gasteiger partial charge on any atom is 0.339 e. The van der Waals surface area contributed by atoms with E-state index in [0.29, 0.717) is 12.2 Å². The van der Waals surface area contributed by atoms with E-state index in [1.807, 2.05) is 42.7 Å². The van der Waals surface area contributed by atoms with Crippen LogP contribution in [0, 0.1) is 12.7 Å². The summed E-state index contributed by atoms with van der Waals surface area (Å²) in [5.74, 6) is 0.0611. The molecule has 0 spiro atoms. The summed E-state index contributed by atoms with van der Waals surface area (Å²) in [7, 11) is 1.35. The molecule has 0 atom stereocenters. The average Bonchev–Trinajstić information content (AvgIpc) is 3.00. The number of methoxy groups -OCH3 is 1. The fraction of sp³-hybridized carbons (Fsp3) is 0.190. The molecule has 0 aliphatic rings. The molecule has 0 saturated carbocycles. The summed E-state index contributed by atoms with van der Waals surface area (Å²) >= 11 is 0. The molecule has 26 heavy (non-hydrogen) atoms. The van der Waals surface area contributed by atoms with E-state index >= 15 is 0 Å². The Morgan fingerprint density at radius 3 is 2.31 bits per heavy atom. The molecule has 3 rings (SSSR count).